The molecule has 0 N–H and O–H groups in total. The summed E-state index contributed by atoms with van der Waals surface area (Å²) in [7, 11) is 0. The van der Waals surface area contributed by atoms with Gasteiger partial charge in [-0.1, -0.05) is 22.1 Å². The molecule has 0 aromatic heterocycles. The van der Waals surface area contributed by atoms with E-state index in [0.29, 0.717) is 0 Å². The standard InChI is InChI=1S/C12H13ClF3NO2S/c1-11(2,3)20(18)17-7-8-9(13)5-4-6-10(8)19-12(14,15)16/h4-7H,1-3H3. The molecular formula is C12H13ClF3NO2S. The molecule has 1 rings (SSSR count). The number of hydrogen-bond donors (Lipinski definition) is 0. The van der Waals surface area contributed by atoms with Crippen molar-refractivity contribution in [2.75, 3.05) is 0 Å². The average Bonchev–Trinajstić information content (AvgIpc) is 2.24. The Labute approximate surface area is 123 Å². The molecular weight excluding hydrogens is 315 g/mol. The zero-order valence-corrected chi connectivity index (χ0v) is 12.6. The van der Waals surface area contributed by atoms with Crippen molar-refractivity contribution in [2.45, 2.75) is 31.9 Å². The molecule has 0 radical (unpaired) electrons. The van der Waals surface area contributed by atoms with Crippen molar-refractivity contribution in [2.24, 2.45) is 4.40 Å². The van der Waals surface area contributed by atoms with E-state index in [1.54, 1.807) is 20.8 Å². The summed E-state index contributed by atoms with van der Waals surface area (Å²) >= 11 is 4.21. The lowest BCUT2D eigenvalue weighted by molar-refractivity contribution is -0.274. The zero-order chi connectivity index (χ0) is 15.6. The minimum Gasteiger partial charge on any atom is -0.591 e. The molecule has 112 valence electrons. The smallest absolute Gasteiger partial charge is 0.573 e. The van der Waals surface area contributed by atoms with Crippen LogP contribution >= 0.6 is 11.6 Å². The lowest BCUT2D eigenvalue weighted by Crippen LogP contribution is -2.26. The summed E-state index contributed by atoms with van der Waals surface area (Å²) in [5, 5.41) is 0.0291. The topological polar surface area (TPSA) is 44.7 Å². The largest absolute Gasteiger partial charge is 0.591 e. The van der Waals surface area contributed by atoms with Crippen molar-refractivity contribution in [3.63, 3.8) is 0 Å². The zero-order valence-electron chi connectivity index (χ0n) is 11.0. The third-order valence-corrected chi connectivity index (χ3v) is 3.71. The Hall–Kier alpha value is -0.920. The van der Waals surface area contributed by atoms with E-state index >= 15 is 0 Å². The van der Waals surface area contributed by atoms with Crippen LogP contribution in [0.4, 0.5) is 13.2 Å². The Bertz CT molecular complexity index is 500. The van der Waals surface area contributed by atoms with Gasteiger partial charge in [-0.25, -0.2) is 0 Å². The number of nitrogens with zero attached hydrogens (tertiary/aromatic N) is 1. The molecule has 0 heterocycles. The fourth-order valence-electron chi connectivity index (χ4n) is 1.11. The van der Waals surface area contributed by atoms with Crippen molar-refractivity contribution in [1.82, 2.24) is 0 Å². The molecule has 20 heavy (non-hydrogen) atoms. The average molecular weight is 328 g/mol. The predicted molar refractivity (Wildman–Crippen MR) is 73.6 cm³/mol. The Morgan fingerprint density at radius 1 is 1.30 bits per heavy atom. The fraction of sp³-hybridized carbons (Fsp3) is 0.417. The number of alkyl halides is 3. The van der Waals surface area contributed by atoms with Gasteiger partial charge >= 0.3 is 6.36 Å². The summed E-state index contributed by atoms with van der Waals surface area (Å²) in [4.78, 5) is 0. The molecule has 1 unspecified atom stereocenters. The first-order valence-corrected chi connectivity index (χ1v) is 6.99. The molecule has 1 atom stereocenters. The van der Waals surface area contributed by atoms with Crippen LogP contribution in [-0.2, 0) is 11.4 Å². The first-order valence-electron chi connectivity index (χ1n) is 5.51. The third kappa shape index (κ3) is 5.22. The predicted octanol–water partition coefficient (Wildman–Crippen LogP) is 4.12. The molecule has 8 heteroatoms. The van der Waals surface area contributed by atoms with Gasteiger partial charge in [-0.05, 0) is 32.9 Å². The highest BCUT2D eigenvalue weighted by Crippen LogP contribution is 2.30. The second-order valence-corrected chi connectivity index (χ2v) is 7.14. The molecule has 3 nitrogen and oxygen atoms in total. The van der Waals surface area contributed by atoms with Gasteiger partial charge in [-0.2, -0.15) is 0 Å². The van der Waals surface area contributed by atoms with Crippen LogP contribution < -0.4 is 4.74 Å². The molecule has 0 aliphatic heterocycles. The molecule has 0 fully saturated rings. The fourth-order valence-corrected chi connectivity index (χ4v) is 1.85. The first kappa shape index (κ1) is 17.1. The van der Waals surface area contributed by atoms with E-state index < -0.39 is 28.2 Å². The highest BCUT2D eigenvalue weighted by Gasteiger charge is 2.32. The summed E-state index contributed by atoms with van der Waals surface area (Å²) in [5.74, 6) is -0.486. The van der Waals surface area contributed by atoms with Crippen molar-refractivity contribution in [1.29, 1.82) is 0 Å². The van der Waals surface area contributed by atoms with Gasteiger partial charge in [0.2, 0.25) is 0 Å². The van der Waals surface area contributed by atoms with Gasteiger partial charge in [-0.3, -0.25) is 0 Å². The number of ether oxygens (including phenoxy) is 1. The van der Waals surface area contributed by atoms with Gasteiger partial charge in [-0.15, -0.1) is 13.2 Å². The highest BCUT2D eigenvalue weighted by atomic mass is 35.5. The van der Waals surface area contributed by atoms with Gasteiger partial charge in [0.1, 0.15) is 21.9 Å². The number of hydrogen-bond acceptors (Lipinski definition) is 3. The third-order valence-electron chi connectivity index (χ3n) is 2.04. The molecule has 1 aromatic carbocycles. The maximum absolute atomic E-state index is 12.3. The van der Waals surface area contributed by atoms with Crippen LogP contribution in [0.15, 0.2) is 22.6 Å². The first-order chi connectivity index (χ1) is 9.00. The number of halogens is 4. The Balaban J connectivity index is 3.08. The monoisotopic (exact) mass is 327 g/mol. The second kappa shape index (κ2) is 6.24. The van der Waals surface area contributed by atoms with E-state index in [1.165, 1.54) is 12.1 Å². The SMILES string of the molecule is CC(C)(C)[S+]([O-])N=Cc1c(Cl)cccc1OC(F)(F)F. The number of rotatable bonds is 3. The van der Waals surface area contributed by atoms with Crippen LogP contribution in [-0.4, -0.2) is 21.9 Å². The summed E-state index contributed by atoms with van der Waals surface area (Å²) in [6.45, 7) is 5.08. The van der Waals surface area contributed by atoms with E-state index in [1.807, 2.05) is 0 Å². The van der Waals surface area contributed by atoms with E-state index in [4.69, 9.17) is 11.6 Å². The van der Waals surface area contributed by atoms with E-state index in [0.717, 1.165) is 12.3 Å². The van der Waals surface area contributed by atoms with E-state index in [9.17, 15) is 17.7 Å². The van der Waals surface area contributed by atoms with Crippen LogP contribution in [0.2, 0.25) is 5.02 Å². The Morgan fingerprint density at radius 2 is 1.90 bits per heavy atom. The van der Waals surface area contributed by atoms with Crippen LogP contribution in [0, 0.1) is 0 Å². The molecule has 0 spiro atoms. The lowest BCUT2D eigenvalue weighted by Gasteiger charge is -2.18. The molecule has 0 aliphatic carbocycles. The van der Waals surface area contributed by atoms with Gasteiger partial charge in [0.25, 0.3) is 0 Å². The molecule has 0 aliphatic rings. The van der Waals surface area contributed by atoms with Crippen molar-refractivity contribution in [3.05, 3.63) is 28.8 Å². The van der Waals surface area contributed by atoms with E-state index in [-0.39, 0.29) is 10.6 Å². The molecule has 1 aromatic rings. The second-order valence-electron chi connectivity index (χ2n) is 4.80. The maximum Gasteiger partial charge on any atom is 0.573 e. The van der Waals surface area contributed by atoms with Crippen LogP contribution in [0.25, 0.3) is 0 Å². The van der Waals surface area contributed by atoms with E-state index in [2.05, 4.69) is 9.13 Å². The summed E-state index contributed by atoms with van der Waals surface area (Å²) in [6.07, 6.45) is -3.80. The Morgan fingerprint density at radius 3 is 2.40 bits per heavy atom. The van der Waals surface area contributed by atoms with Crippen LogP contribution in [0.5, 0.6) is 5.75 Å². The minimum atomic E-state index is -4.84. The van der Waals surface area contributed by atoms with Crippen molar-refractivity contribution in [3.8, 4) is 5.75 Å². The minimum absolute atomic E-state index is 0.0291. The molecule has 0 bridgehead atoms. The van der Waals surface area contributed by atoms with Gasteiger partial charge in [0, 0.05) is 0 Å². The Kier molecular flexibility index (Phi) is 5.34. The summed E-state index contributed by atoms with van der Waals surface area (Å²) in [5.41, 5.74) is -0.0657. The molecule has 0 saturated carbocycles. The van der Waals surface area contributed by atoms with Crippen molar-refractivity contribution < 1.29 is 22.5 Å². The number of benzene rings is 1. The van der Waals surface area contributed by atoms with Gasteiger partial charge in [0.15, 0.2) is 0 Å². The lowest BCUT2D eigenvalue weighted by atomic mass is 10.2. The normalized spacial score (nSPS) is 14.6. The highest BCUT2D eigenvalue weighted by molar-refractivity contribution is 7.91. The molecule has 0 amide bonds. The van der Waals surface area contributed by atoms with Crippen molar-refractivity contribution >= 4 is 29.2 Å². The van der Waals surface area contributed by atoms with Gasteiger partial charge < -0.3 is 9.29 Å². The van der Waals surface area contributed by atoms with Gasteiger partial charge in [0.05, 0.1) is 16.8 Å². The quantitative estimate of drug-likeness (QED) is 0.619. The maximum atomic E-state index is 12.3. The van der Waals surface area contributed by atoms with Crippen LogP contribution in [0.3, 0.4) is 0 Å². The summed E-state index contributed by atoms with van der Waals surface area (Å²) < 4.78 is 55.5. The summed E-state index contributed by atoms with van der Waals surface area (Å²) in [6, 6.07) is 3.83. The van der Waals surface area contributed by atoms with Crippen LogP contribution in [0.1, 0.15) is 26.3 Å². The molecule has 0 saturated heterocycles.